The van der Waals surface area contributed by atoms with Crippen LogP contribution in [0, 0.1) is 11.8 Å². The maximum Gasteiger partial charge on any atom is 0.410 e. The highest BCUT2D eigenvalue weighted by Crippen LogP contribution is 2.24. The van der Waals surface area contributed by atoms with Crippen molar-refractivity contribution in [1.29, 1.82) is 0 Å². The molecule has 1 fully saturated rings. The highest BCUT2D eigenvalue weighted by molar-refractivity contribution is 5.70. The first-order valence-corrected chi connectivity index (χ1v) is 11.0. The number of hydrogen-bond donors (Lipinski definition) is 1. The molecule has 2 aliphatic rings. The van der Waals surface area contributed by atoms with Gasteiger partial charge in [-0.2, -0.15) is 0 Å². The van der Waals surface area contributed by atoms with Crippen molar-refractivity contribution in [2.45, 2.75) is 65.3 Å². The zero-order valence-electron chi connectivity index (χ0n) is 19.0. The first kappa shape index (κ1) is 24.4. The van der Waals surface area contributed by atoms with E-state index in [0.717, 1.165) is 18.7 Å². The van der Waals surface area contributed by atoms with E-state index in [1.807, 2.05) is 53.0 Å². The van der Waals surface area contributed by atoms with Crippen molar-refractivity contribution in [3.05, 3.63) is 23.8 Å². The van der Waals surface area contributed by atoms with Crippen LogP contribution in [-0.4, -0.2) is 78.5 Å². The molecule has 0 aromatic rings. The van der Waals surface area contributed by atoms with Crippen LogP contribution in [0.3, 0.4) is 0 Å². The number of amides is 1. The minimum atomic E-state index is -0.765. The maximum atomic E-state index is 12.7. The average molecular weight is 423 g/mol. The number of aliphatic hydroxyl groups is 1. The minimum Gasteiger partial charge on any atom is -0.457 e. The zero-order valence-corrected chi connectivity index (χ0v) is 19.0. The van der Waals surface area contributed by atoms with E-state index >= 15 is 0 Å². The van der Waals surface area contributed by atoms with Gasteiger partial charge in [-0.3, -0.25) is 4.79 Å². The van der Waals surface area contributed by atoms with Crippen molar-refractivity contribution in [2.75, 3.05) is 33.2 Å². The summed E-state index contributed by atoms with van der Waals surface area (Å²) in [5, 5.41) is 10.3. The molecular formula is C23H38N2O5. The number of allylic oxidation sites excluding steroid dienone is 1. The molecule has 0 radical (unpaired) electrons. The Morgan fingerprint density at radius 2 is 1.87 bits per heavy atom. The molecule has 7 heteroatoms. The molecular weight excluding hydrogens is 384 g/mol. The summed E-state index contributed by atoms with van der Waals surface area (Å²) < 4.78 is 11.6. The van der Waals surface area contributed by atoms with E-state index < -0.39 is 18.3 Å². The van der Waals surface area contributed by atoms with Gasteiger partial charge in [0, 0.05) is 32.1 Å². The third-order valence-corrected chi connectivity index (χ3v) is 6.16. The number of carbonyl (C=O) groups is 2. The van der Waals surface area contributed by atoms with E-state index in [2.05, 4.69) is 4.90 Å². The Balaban J connectivity index is 2.18. The van der Waals surface area contributed by atoms with Crippen molar-refractivity contribution < 1.29 is 24.2 Å². The van der Waals surface area contributed by atoms with Crippen molar-refractivity contribution in [3.63, 3.8) is 0 Å². The molecule has 170 valence electrons. The SMILES string of the molecule is C/C=C(\C)[C@H]1OC(=O)C[C@H](O)CC[C@H](C)[C@@H](OC(=O)N2CCN(C)CC2)/C=C/[C@@H]1C. The number of rotatable bonds is 2. The van der Waals surface area contributed by atoms with E-state index in [4.69, 9.17) is 9.47 Å². The largest absolute Gasteiger partial charge is 0.457 e. The molecule has 2 heterocycles. The lowest BCUT2D eigenvalue weighted by Crippen LogP contribution is -2.48. The van der Waals surface area contributed by atoms with Gasteiger partial charge in [0.2, 0.25) is 0 Å². The number of nitrogens with zero attached hydrogens (tertiary/aromatic N) is 2. The number of ether oxygens (including phenoxy) is 2. The third-order valence-electron chi connectivity index (χ3n) is 6.16. The maximum absolute atomic E-state index is 12.7. The Kier molecular flexibility index (Phi) is 9.37. The summed E-state index contributed by atoms with van der Waals surface area (Å²) in [5.41, 5.74) is 0.950. The van der Waals surface area contributed by atoms with E-state index in [-0.39, 0.29) is 30.3 Å². The highest BCUT2D eigenvalue weighted by Gasteiger charge is 2.28. The quantitative estimate of drug-likeness (QED) is 0.544. The second-order valence-electron chi connectivity index (χ2n) is 8.74. The van der Waals surface area contributed by atoms with Crippen molar-refractivity contribution in [3.8, 4) is 0 Å². The van der Waals surface area contributed by atoms with Gasteiger partial charge in [0.15, 0.2) is 0 Å². The van der Waals surface area contributed by atoms with Crippen LogP contribution in [0.4, 0.5) is 4.79 Å². The lowest BCUT2D eigenvalue weighted by atomic mass is 9.92. The van der Waals surface area contributed by atoms with Crippen LogP contribution < -0.4 is 0 Å². The summed E-state index contributed by atoms with van der Waals surface area (Å²) in [7, 11) is 2.04. The van der Waals surface area contributed by atoms with Crippen molar-refractivity contribution in [2.24, 2.45) is 11.8 Å². The standard InChI is InChI=1S/C23H38N2O5/c1-6-16(2)22-18(4)8-10-20(17(3)7-9-19(26)15-21(27)30-22)29-23(28)25-13-11-24(5)12-14-25/h6,8,10,17-20,22,26H,7,9,11-15H2,1-5H3/b10-8+,16-6+/t17-,18-,19+,20-,22+/m0/s1. The molecule has 1 N–H and O–H groups in total. The Morgan fingerprint density at radius 1 is 1.20 bits per heavy atom. The molecule has 0 unspecified atom stereocenters. The number of aliphatic hydroxyl groups excluding tert-OH is 1. The van der Waals surface area contributed by atoms with Crippen molar-refractivity contribution >= 4 is 12.1 Å². The fourth-order valence-electron chi connectivity index (χ4n) is 3.79. The molecule has 30 heavy (non-hydrogen) atoms. The molecule has 0 spiro atoms. The molecule has 1 saturated heterocycles. The third kappa shape index (κ3) is 7.13. The van der Waals surface area contributed by atoms with Crippen LogP contribution in [0.15, 0.2) is 23.8 Å². The van der Waals surface area contributed by atoms with Crippen LogP contribution in [-0.2, 0) is 14.3 Å². The van der Waals surface area contributed by atoms with E-state index in [0.29, 0.717) is 25.9 Å². The fourth-order valence-corrected chi connectivity index (χ4v) is 3.79. The van der Waals surface area contributed by atoms with Crippen LogP contribution in [0.5, 0.6) is 0 Å². The number of hydrogen-bond acceptors (Lipinski definition) is 6. The van der Waals surface area contributed by atoms with Crippen LogP contribution in [0.1, 0.15) is 47.0 Å². The molecule has 0 aromatic heterocycles. The molecule has 2 rings (SSSR count). The predicted molar refractivity (Wildman–Crippen MR) is 116 cm³/mol. The number of cyclic esters (lactones) is 1. The Bertz CT molecular complexity index is 640. The lowest BCUT2D eigenvalue weighted by molar-refractivity contribution is -0.151. The van der Waals surface area contributed by atoms with Gasteiger partial charge in [-0.1, -0.05) is 26.0 Å². The van der Waals surface area contributed by atoms with Crippen molar-refractivity contribution in [1.82, 2.24) is 9.80 Å². The molecule has 0 saturated carbocycles. The summed E-state index contributed by atoms with van der Waals surface area (Å²) in [4.78, 5) is 28.9. The molecule has 5 atom stereocenters. The Labute approximate surface area is 180 Å². The molecule has 2 aliphatic heterocycles. The smallest absolute Gasteiger partial charge is 0.410 e. The second-order valence-corrected chi connectivity index (χ2v) is 8.74. The summed E-state index contributed by atoms with van der Waals surface area (Å²) >= 11 is 0. The topological polar surface area (TPSA) is 79.3 Å². The van der Waals surface area contributed by atoms with Gasteiger partial charge in [0.1, 0.15) is 12.2 Å². The fraction of sp³-hybridized carbons (Fsp3) is 0.739. The van der Waals surface area contributed by atoms with Gasteiger partial charge >= 0.3 is 12.1 Å². The van der Waals surface area contributed by atoms with Gasteiger partial charge < -0.3 is 24.4 Å². The zero-order chi connectivity index (χ0) is 22.3. The van der Waals surface area contributed by atoms with E-state index in [1.54, 1.807) is 4.90 Å². The number of carbonyl (C=O) groups excluding carboxylic acids is 2. The van der Waals surface area contributed by atoms with Gasteiger partial charge in [-0.25, -0.2) is 4.79 Å². The minimum absolute atomic E-state index is 0.0243. The van der Waals surface area contributed by atoms with Gasteiger partial charge in [-0.05, 0) is 51.3 Å². The highest BCUT2D eigenvalue weighted by atomic mass is 16.6. The number of likely N-dealkylation sites (N-methyl/N-ethyl adjacent to an activating group) is 1. The monoisotopic (exact) mass is 422 g/mol. The van der Waals surface area contributed by atoms with Crippen LogP contribution in [0.25, 0.3) is 0 Å². The predicted octanol–water partition coefficient (Wildman–Crippen LogP) is 2.99. The normalized spacial score (nSPS) is 33.8. The van der Waals surface area contributed by atoms with E-state index in [1.165, 1.54) is 0 Å². The first-order chi connectivity index (χ1) is 14.2. The second kappa shape index (κ2) is 11.5. The van der Waals surface area contributed by atoms with Crippen LogP contribution >= 0.6 is 0 Å². The first-order valence-electron chi connectivity index (χ1n) is 11.0. The molecule has 1 amide bonds. The number of piperazine rings is 1. The van der Waals surface area contributed by atoms with Gasteiger partial charge in [0.05, 0.1) is 12.5 Å². The summed E-state index contributed by atoms with van der Waals surface area (Å²) in [6.07, 6.45) is 5.03. The Hall–Kier alpha value is -1.86. The van der Waals surface area contributed by atoms with Crippen LogP contribution in [0.2, 0.25) is 0 Å². The van der Waals surface area contributed by atoms with Gasteiger partial charge in [0.25, 0.3) is 0 Å². The lowest BCUT2D eigenvalue weighted by Gasteiger charge is -2.33. The molecule has 0 aromatic carbocycles. The Morgan fingerprint density at radius 3 is 2.50 bits per heavy atom. The summed E-state index contributed by atoms with van der Waals surface area (Å²) in [6.45, 7) is 10.8. The number of esters is 1. The molecule has 7 nitrogen and oxygen atoms in total. The summed E-state index contributed by atoms with van der Waals surface area (Å²) in [6, 6.07) is 0. The van der Waals surface area contributed by atoms with Gasteiger partial charge in [-0.15, -0.1) is 0 Å². The summed E-state index contributed by atoms with van der Waals surface area (Å²) in [5.74, 6) is -0.449. The molecule has 0 bridgehead atoms. The van der Waals surface area contributed by atoms with E-state index in [9.17, 15) is 14.7 Å². The average Bonchev–Trinajstić information content (AvgIpc) is 2.72. The molecule has 0 aliphatic carbocycles.